The first-order valence-corrected chi connectivity index (χ1v) is 8.58. The zero-order chi connectivity index (χ0) is 15.7. The Morgan fingerprint density at radius 3 is 2.76 bits per heavy atom. The van der Waals surface area contributed by atoms with Crippen molar-refractivity contribution < 1.29 is 9.53 Å². The third kappa shape index (κ3) is 3.19. The molecular formula is C19H32O2. The SMILES string of the molecule is COC(=O)CCC[C@@]1(C)[C@@H](C)CC=C2[C@@H]1CCCC2(C)C. The highest BCUT2D eigenvalue weighted by atomic mass is 16.5. The van der Waals surface area contributed by atoms with E-state index in [0.29, 0.717) is 29.1 Å². The van der Waals surface area contributed by atoms with Gasteiger partial charge >= 0.3 is 5.97 Å². The molecule has 21 heavy (non-hydrogen) atoms. The first kappa shape index (κ1) is 16.6. The van der Waals surface area contributed by atoms with Crippen molar-refractivity contribution in [2.75, 3.05) is 7.11 Å². The van der Waals surface area contributed by atoms with Crippen molar-refractivity contribution in [3.05, 3.63) is 11.6 Å². The molecule has 2 aliphatic rings. The van der Waals surface area contributed by atoms with Crippen LogP contribution in [-0.4, -0.2) is 13.1 Å². The average molecular weight is 292 g/mol. The summed E-state index contributed by atoms with van der Waals surface area (Å²) in [6, 6.07) is 0. The molecule has 0 N–H and O–H groups in total. The summed E-state index contributed by atoms with van der Waals surface area (Å²) in [7, 11) is 1.48. The lowest BCUT2D eigenvalue weighted by Gasteiger charge is -2.53. The predicted molar refractivity (Wildman–Crippen MR) is 87.0 cm³/mol. The fraction of sp³-hybridized carbons (Fsp3) is 0.842. The van der Waals surface area contributed by atoms with E-state index in [-0.39, 0.29) is 5.97 Å². The molecule has 0 saturated heterocycles. The molecule has 0 amide bonds. The Hall–Kier alpha value is -0.790. The Labute approximate surface area is 130 Å². The van der Waals surface area contributed by atoms with Crippen molar-refractivity contribution in [3.63, 3.8) is 0 Å². The lowest BCUT2D eigenvalue weighted by atomic mass is 9.52. The molecule has 120 valence electrons. The largest absolute Gasteiger partial charge is 0.469 e. The first-order chi connectivity index (χ1) is 9.81. The maximum absolute atomic E-state index is 11.4. The van der Waals surface area contributed by atoms with Gasteiger partial charge in [-0.05, 0) is 54.8 Å². The standard InChI is InChI=1S/C19H32O2/c1-14-10-11-15-16(8-6-12-18(15,2)3)19(14,4)13-7-9-17(20)21-5/h11,14,16H,6-10,12-13H2,1-5H3/t14-,16-,19-/m0/s1. The lowest BCUT2D eigenvalue weighted by molar-refractivity contribution is -0.140. The van der Waals surface area contributed by atoms with Crippen LogP contribution in [0.5, 0.6) is 0 Å². The van der Waals surface area contributed by atoms with Crippen molar-refractivity contribution in [2.45, 2.75) is 72.6 Å². The Bertz CT molecular complexity index is 421. The van der Waals surface area contributed by atoms with Gasteiger partial charge in [-0.25, -0.2) is 0 Å². The highest BCUT2D eigenvalue weighted by molar-refractivity contribution is 5.69. The molecule has 2 nitrogen and oxygen atoms in total. The Morgan fingerprint density at radius 1 is 1.38 bits per heavy atom. The number of methoxy groups -OCH3 is 1. The van der Waals surface area contributed by atoms with E-state index >= 15 is 0 Å². The zero-order valence-electron chi connectivity index (χ0n) is 14.5. The summed E-state index contributed by atoms with van der Waals surface area (Å²) < 4.78 is 4.79. The van der Waals surface area contributed by atoms with Gasteiger partial charge in [-0.1, -0.05) is 45.8 Å². The first-order valence-electron chi connectivity index (χ1n) is 8.58. The van der Waals surface area contributed by atoms with Crippen LogP contribution in [0.25, 0.3) is 0 Å². The summed E-state index contributed by atoms with van der Waals surface area (Å²) >= 11 is 0. The lowest BCUT2D eigenvalue weighted by Crippen LogP contribution is -2.43. The number of ether oxygens (including phenoxy) is 1. The summed E-state index contributed by atoms with van der Waals surface area (Å²) in [5.41, 5.74) is 2.41. The number of hydrogen-bond acceptors (Lipinski definition) is 2. The second-order valence-electron chi connectivity index (χ2n) is 8.06. The van der Waals surface area contributed by atoms with Crippen LogP contribution in [-0.2, 0) is 9.53 Å². The van der Waals surface area contributed by atoms with Gasteiger partial charge in [0.1, 0.15) is 0 Å². The molecule has 2 aliphatic carbocycles. The zero-order valence-corrected chi connectivity index (χ0v) is 14.5. The quantitative estimate of drug-likeness (QED) is 0.530. The third-order valence-corrected chi connectivity index (χ3v) is 6.39. The molecule has 0 aromatic heterocycles. The Balaban J connectivity index is 2.13. The summed E-state index contributed by atoms with van der Waals surface area (Å²) in [6.45, 7) is 9.69. The summed E-state index contributed by atoms with van der Waals surface area (Å²) in [4.78, 5) is 11.4. The molecular weight excluding hydrogens is 260 g/mol. The number of rotatable bonds is 4. The maximum Gasteiger partial charge on any atom is 0.305 e. The minimum atomic E-state index is -0.0678. The van der Waals surface area contributed by atoms with Crippen LogP contribution >= 0.6 is 0 Å². The van der Waals surface area contributed by atoms with Gasteiger partial charge in [-0.2, -0.15) is 0 Å². The smallest absolute Gasteiger partial charge is 0.305 e. The van der Waals surface area contributed by atoms with Crippen LogP contribution in [0.2, 0.25) is 0 Å². The van der Waals surface area contributed by atoms with Crippen LogP contribution in [0.15, 0.2) is 11.6 Å². The number of allylic oxidation sites excluding steroid dienone is 2. The van der Waals surface area contributed by atoms with E-state index in [1.807, 2.05) is 0 Å². The molecule has 2 rings (SSSR count). The molecule has 3 atom stereocenters. The Kier molecular flexibility index (Phi) is 4.85. The molecule has 0 unspecified atom stereocenters. The minimum absolute atomic E-state index is 0.0678. The van der Waals surface area contributed by atoms with E-state index < -0.39 is 0 Å². The highest BCUT2D eigenvalue weighted by Crippen LogP contribution is 2.57. The van der Waals surface area contributed by atoms with Crippen LogP contribution in [0.1, 0.15) is 72.6 Å². The number of esters is 1. The van der Waals surface area contributed by atoms with Gasteiger partial charge < -0.3 is 4.74 Å². The molecule has 0 radical (unpaired) electrons. The minimum Gasteiger partial charge on any atom is -0.469 e. The molecule has 1 fully saturated rings. The second-order valence-corrected chi connectivity index (χ2v) is 8.06. The molecule has 1 saturated carbocycles. The highest BCUT2D eigenvalue weighted by Gasteiger charge is 2.47. The van der Waals surface area contributed by atoms with Gasteiger partial charge in [0.05, 0.1) is 7.11 Å². The van der Waals surface area contributed by atoms with Gasteiger partial charge in [0, 0.05) is 6.42 Å². The van der Waals surface area contributed by atoms with Gasteiger partial charge in [-0.3, -0.25) is 4.79 Å². The van der Waals surface area contributed by atoms with E-state index in [1.165, 1.54) is 32.8 Å². The van der Waals surface area contributed by atoms with E-state index in [1.54, 1.807) is 5.57 Å². The molecule has 0 heterocycles. The fourth-order valence-corrected chi connectivity index (χ4v) is 4.68. The number of carbonyl (C=O) groups excluding carboxylic acids is 1. The number of fused-ring (bicyclic) bond motifs is 1. The molecule has 0 aromatic carbocycles. The molecule has 0 spiro atoms. The summed E-state index contributed by atoms with van der Waals surface area (Å²) in [5.74, 6) is 1.35. The van der Waals surface area contributed by atoms with Crippen molar-refractivity contribution in [1.29, 1.82) is 0 Å². The topological polar surface area (TPSA) is 26.3 Å². The Morgan fingerprint density at radius 2 is 2.10 bits per heavy atom. The van der Waals surface area contributed by atoms with E-state index in [0.717, 1.165) is 12.8 Å². The van der Waals surface area contributed by atoms with Gasteiger partial charge in [0.25, 0.3) is 0 Å². The fourth-order valence-electron chi connectivity index (χ4n) is 4.68. The van der Waals surface area contributed by atoms with Gasteiger partial charge in [0.15, 0.2) is 0 Å². The molecule has 0 bridgehead atoms. The monoisotopic (exact) mass is 292 g/mol. The predicted octanol–water partition coefficient (Wildman–Crippen LogP) is 5.13. The van der Waals surface area contributed by atoms with Crippen molar-refractivity contribution in [3.8, 4) is 0 Å². The van der Waals surface area contributed by atoms with Crippen LogP contribution < -0.4 is 0 Å². The maximum atomic E-state index is 11.4. The molecule has 0 aromatic rings. The summed E-state index contributed by atoms with van der Waals surface area (Å²) in [6.07, 6.45) is 10.4. The molecule has 2 heteroatoms. The summed E-state index contributed by atoms with van der Waals surface area (Å²) in [5, 5.41) is 0. The van der Waals surface area contributed by atoms with Crippen molar-refractivity contribution in [1.82, 2.24) is 0 Å². The van der Waals surface area contributed by atoms with E-state index in [9.17, 15) is 4.79 Å². The van der Waals surface area contributed by atoms with Crippen molar-refractivity contribution in [2.24, 2.45) is 22.7 Å². The average Bonchev–Trinajstić information content (AvgIpc) is 2.43. The number of hydrogen-bond donors (Lipinski definition) is 0. The second kappa shape index (κ2) is 6.14. The van der Waals surface area contributed by atoms with Crippen LogP contribution in [0.4, 0.5) is 0 Å². The molecule has 0 aliphatic heterocycles. The van der Waals surface area contributed by atoms with E-state index in [2.05, 4.69) is 33.8 Å². The number of carbonyl (C=O) groups is 1. The van der Waals surface area contributed by atoms with E-state index in [4.69, 9.17) is 4.74 Å². The van der Waals surface area contributed by atoms with Crippen LogP contribution in [0.3, 0.4) is 0 Å². The van der Waals surface area contributed by atoms with Gasteiger partial charge in [-0.15, -0.1) is 0 Å². The third-order valence-electron chi connectivity index (χ3n) is 6.39. The van der Waals surface area contributed by atoms with Crippen LogP contribution in [0, 0.1) is 22.7 Å². The normalized spacial score (nSPS) is 34.8. The van der Waals surface area contributed by atoms with Gasteiger partial charge in [0.2, 0.25) is 0 Å². The van der Waals surface area contributed by atoms with Crippen molar-refractivity contribution >= 4 is 5.97 Å².